The molecule has 0 aromatic heterocycles. The molecule has 2 aromatic rings. The van der Waals surface area contributed by atoms with Gasteiger partial charge in [0.05, 0.1) is 22.7 Å². The van der Waals surface area contributed by atoms with Gasteiger partial charge in [-0.25, -0.2) is 4.39 Å². The van der Waals surface area contributed by atoms with Crippen molar-refractivity contribution in [2.75, 3.05) is 23.0 Å². The summed E-state index contributed by atoms with van der Waals surface area (Å²) in [4.78, 5) is 11.3. The Kier molecular flexibility index (Phi) is 3.42. The molecule has 0 unspecified atom stereocenters. The number of benzene rings is 2. The number of carbonyl (C=O) groups is 1. The zero-order chi connectivity index (χ0) is 15.0. The molecule has 21 heavy (non-hydrogen) atoms. The van der Waals surface area contributed by atoms with Gasteiger partial charge in [0.2, 0.25) is 0 Å². The third-order valence-corrected chi connectivity index (χ3v) is 3.48. The standard InChI is InChI=1S/C14H11BrFN3O2/c15-7-1-2-10(8(16)3-7)18-11-5-12-13(4-9(11)17)21-6-14(20)19-12/h1-5,18H,6,17H2,(H,19,20). The maximum absolute atomic E-state index is 13.8. The van der Waals surface area contributed by atoms with Crippen LogP contribution in [-0.4, -0.2) is 12.5 Å². The summed E-state index contributed by atoms with van der Waals surface area (Å²) in [5.41, 5.74) is 7.59. The van der Waals surface area contributed by atoms with Crippen LogP contribution in [0.5, 0.6) is 5.75 Å². The summed E-state index contributed by atoms with van der Waals surface area (Å²) in [6.07, 6.45) is 0. The molecule has 1 amide bonds. The van der Waals surface area contributed by atoms with Crippen molar-refractivity contribution in [2.24, 2.45) is 0 Å². The fourth-order valence-corrected chi connectivity index (χ4v) is 2.32. The molecule has 0 fully saturated rings. The van der Waals surface area contributed by atoms with Gasteiger partial charge in [-0.3, -0.25) is 4.79 Å². The van der Waals surface area contributed by atoms with Crippen LogP contribution in [0.4, 0.5) is 27.1 Å². The predicted molar refractivity (Wildman–Crippen MR) is 82.4 cm³/mol. The van der Waals surface area contributed by atoms with Gasteiger partial charge < -0.3 is 21.1 Å². The van der Waals surface area contributed by atoms with Crippen LogP contribution in [0.15, 0.2) is 34.8 Å². The Balaban J connectivity index is 1.95. The van der Waals surface area contributed by atoms with Crippen molar-refractivity contribution in [3.63, 3.8) is 0 Å². The van der Waals surface area contributed by atoms with E-state index < -0.39 is 5.82 Å². The second-order valence-corrected chi connectivity index (χ2v) is 5.44. The molecular formula is C14H11BrFN3O2. The maximum Gasteiger partial charge on any atom is 0.262 e. The highest BCUT2D eigenvalue weighted by molar-refractivity contribution is 9.10. The lowest BCUT2D eigenvalue weighted by molar-refractivity contribution is -0.118. The van der Waals surface area contributed by atoms with Crippen LogP contribution in [0.3, 0.4) is 0 Å². The number of nitrogens with two attached hydrogens (primary N) is 1. The fraction of sp³-hybridized carbons (Fsp3) is 0.0714. The summed E-state index contributed by atoms with van der Waals surface area (Å²) >= 11 is 3.20. The number of hydrogen-bond acceptors (Lipinski definition) is 4. The third kappa shape index (κ3) is 2.78. The lowest BCUT2D eigenvalue weighted by Gasteiger charge is -2.20. The molecular weight excluding hydrogens is 341 g/mol. The quantitative estimate of drug-likeness (QED) is 0.726. The lowest BCUT2D eigenvalue weighted by Crippen LogP contribution is -2.25. The van der Waals surface area contributed by atoms with Gasteiger partial charge >= 0.3 is 0 Å². The first-order chi connectivity index (χ1) is 10.0. The number of fused-ring (bicyclic) bond motifs is 1. The SMILES string of the molecule is Nc1cc2c(cc1Nc1ccc(Br)cc1F)NC(=O)CO2. The predicted octanol–water partition coefficient (Wildman–Crippen LogP) is 3.24. The summed E-state index contributed by atoms with van der Waals surface area (Å²) < 4.78 is 19.7. The van der Waals surface area contributed by atoms with Gasteiger partial charge in [-0.2, -0.15) is 0 Å². The van der Waals surface area contributed by atoms with E-state index in [4.69, 9.17) is 10.5 Å². The summed E-state index contributed by atoms with van der Waals surface area (Å²) in [6.45, 7) is -0.0411. The van der Waals surface area contributed by atoms with E-state index in [1.54, 1.807) is 24.3 Å². The van der Waals surface area contributed by atoms with Gasteiger partial charge in [0.1, 0.15) is 11.6 Å². The summed E-state index contributed by atoms with van der Waals surface area (Å²) in [5, 5.41) is 5.58. The van der Waals surface area contributed by atoms with Crippen LogP contribution < -0.4 is 21.1 Å². The highest BCUT2D eigenvalue weighted by Gasteiger charge is 2.18. The molecule has 0 radical (unpaired) electrons. The van der Waals surface area contributed by atoms with Crippen molar-refractivity contribution in [3.05, 3.63) is 40.6 Å². The minimum atomic E-state index is -0.415. The molecule has 4 N–H and O–H groups in total. The third-order valence-electron chi connectivity index (χ3n) is 2.99. The Morgan fingerprint density at radius 3 is 2.86 bits per heavy atom. The molecule has 108 valence electrons. The molecule has 5 nitrogen and oxygen atoms in total. The first-order valence-electron chi connectivity index (χ1n) is 6.11. The molecule has 0 saturated heterocycles. The first-order valence-corrected chi connectivity index (χ1v) is 6.90. The van der Waals surface area contributed by atoms with Gasteiger partial charge in [-0.05, 0) is 24.3 Å². The largest absolute Gasteiger partial charge is 0.482 e. The van der Waals surface area contributed by atoms with Gasteiger partial charge in [-0.15, -0.1) is 0 Å². The number of carbonyl (C=O) groups excluding carboxylic acids is 1. The Morgan fingerprint density at radius 1 is 1.29 bits per heavy atom. The molecule has 7 heteroatoms. The smallest absolute Gasteiger partial charge is 0.262 e. The fourth-order valence-electron chi connectivity index (χ4n) is 1.99. The zero-order valence-corrected chi connectivity index (χ0v) is 12.3. The van der Waals surface area contributed by atoms with Crippen LogP contribution in [0, 0.1) is 5.82 Å². The second kappa shape index (κ2) is 5.25. The first kappa shape index (κ1) is 13.7. The molecule has 1 heterocycles. The Labute approximate surface area is 128 Å². The van der Waals surface area contributed by atoms with E-state index in [0.717, 1.165) is 0 Å². The van der Waals surface area contributed by atoms with Crippen LogP contribution >= 0.6 is 15.9 Å². The summed E-state index contributed by atoms with van der Waals surface area (Å²) in [6, 6.07) is 7.86. The molecule has 0 saturated carbocycles. The molecule has 0 aliphatic carbocycles. The van der Waals surface area contributed by atoms with Gasteiger partial charge in [0, 0.05) is 10.5 Å². The van der Waals surface area contributed by atoms with Crippen molar-refractivity contribution in [3.8, 4) is 5.75 Å². The van der Waals surface area contributed by atoms with Crippen LogP contribution in [0.2, 0.25) is 0 Å². The number of rotatable bonds is 2. The number of nitrogen functional groups attached to an aromatic ring is 1. The van der Waals surface area contributed by atoms with E-state index in [0.29, 0.717) is 27.3 Å². The zero-order valence-electron chi connectivity index (χ0n) is 10.7. The molecule has 1 aliphatic rings. The normalized spacial score (nSPS) is 13.1. The van der Waals surface area contributed by atoms with Gasteiger partial charge in [0.15, 0.2) is 6.61 Å². The van der Waals surface area contributed by atoms with E-state index in [9.17, 15) is 9.18 Å². The van der Waals surface area contributed by atoms with E-state index in [-0.39, 0.29) is 18.2 Å². The average Bonchev–Trinajstić information content (AvgIpc) is 2.43. The maximum atomic E-state index is 13.8. The number of ether oxygens (including phenoxy) is 1. The van der Waals surface area contributed by atoms with Crippen molar-refractivity contribution in [1.29, 1.82) is 0 Å². The highest BCUT2D eigenvalue weighted by Crippen LogP contribution is 2.36. The number of nitrogens with one attached hydrogen (secondary N) is 2. The number of hydrogen-bond donors (Lipinski definition) is 3. The van der Waals surface area contributed by atoms with E-state index >= 15 is 0 Å². The average molecular weight is 352 g/mol. The molecule has 0 atom stereocenters. The minimum absolute atomic E-state index is 0.0411. The Hall–Kier alpha value is -2.28. The van der Waals surface area contributed by atoms with Crippen LogP contribution in [-0.2, 0) is 4.79 Å². The topological polar surface area (TPSA) is 76.4 Å². The molecule has 3 rings (SSSR count). The highest BCUT2D eigenvalue weighted by atomic mass is 79.9. The molecule has 0 bridgehead atoms. The minimum Gasteiger partial charge on any atom is -0.482 e. The van der Waals surface area contributed by atoms with Crippen molar-refractivity contribution in [2.45, 2.75) is 0 Å². The second-order valence-electron chi connectivity index (χ2n) is 4.52. The molecule has 0 spiro atoms. The van der Waals surface area contributed by atoms with Gasteiger partial charge in [-0.1, -0.05) is 15.9 Å². The Bertz CT molecular complexity index is 736. The van der Waals surface area contributed by atoms with Crippen molar-refractivity contribution in [1.82, 2.24) is 0 Å². The molecule has 1 aliphatic heterocycles. The van der Waals surface area contributed by atoms with Crippen molar-refractivity contribution < 1.29 is 13.9 Å². The summed E-state index contributed by atoms with van der Waals surface area (Å²) in [7, 11) is 0. The lowest BCUT2D eigenvalue weighted by atomic mass is 10.2. The van der Waals surface area contributed by atoms with E-state index in [1.165, 1.54) is 6.07 Å². The molecule has 2 aromatic carbocycles. The number of amides is 1. The van der Waals surface area contributed by atoms with E-state index in [2.05, 4.69) is 26.6 Å². The number of anilines is 4. The van der Waals surface area contributed by atoms with Crippen molar-refractivity contribution >= 4 is 44.6 Å². The van der Waals surface area contributed by atoms with E-state index in [1.807, 2.05) is 0 Å². The van der Waals surface area contributed by atoms with Crippen LogP contribution in [0.1, 0.15) is 0 Å². The number of halogens is 2. The summed E-state index contributed by atoms with van der Waals surface area (Å²) in [5.74, 6) is -0.163. The van der Waals surface area contributed by atoms with Gasteiger partial charge in [0.25, 0.3) is 5.91 Å². The van der Waals surface area contributed by atoms with Crippen LogP contribution in [0.25, 0.3) is 0 Å². The monoisotopic (exact) mass is 351 g/mol. The Morgan fingerprint density at radius 2 is 2.10 bits per heavy atom.